The summed E-state index contributed by atoms with van der Waals surface area (Å²) in [5.41, 5.74) is 14.3. The molecule has 172 valence electrons. The van der Waals surface area contributed by atoms with Gasteiger partial charge >= 0.3 is 0 Å². The van der Waals surface area contributed by atoms with Crippen LogP contribution in [0.1, 0.15) is 85.0 Å². The van der Waals surface area contributed by atoms with Crippen LogP contribution < -0.4 is 16.8 Å². The summed E-state index contributed by atoms with van der Waals surface area (Å²) in [6.07, 6.45) is 5.49. The Morgan fingerprint density at radius 3 is 2.66 bits per heavy atom. The van der Waals surface area contributed by atoms with Crippen LogP contribution in [0.25, 0.3) is 5.69 Å². The number of hydrogen-bond acceptors (Lipinski definition) is 5. The zero-order valence-corrected chi connectivity index (χ0v) is 19.0. The van der Waals surface area contributed by atoms with E-state index in [4.69, 9.17) is 11.5 Å². The first-order chi connectivity index (χ1) is 15.1. The number of nitrogens with zero attached hydrogens (tertiary/aromatic N) is 2. The van der Waals surface area contributed by atoms with E-state index >= 15 is 4.39 Å². The Kier molecular flexibility index (Phi) is 5.83. The summed E-state index contributed by atoms with van der Waals surface area (Å²) in [7, 11) is 0. The van der Waals surface area contributed by atoms with E-state index < -0.39 is 11.7 Å². The highest BCUT2D eigenvalue weighted by molar-refractivity contribution is 6.00. The minimum absolute atomic E-state index is 0.0695. The summed E-state index contributed by atoms with van der Waals surface area (Å²) >= 11 is 0. The zero-order chi connectivity index (χ0) is 23.2. The number of halogens is 1. The van der Waals surface area contributed by atoms with E-state index in [9.17, 15) is 9.59 Å². The van der Waals surface area contributed by atoms with Crippen molar-refractivity contribution in [3.63, 3.8) is 0 Å². The molecular formula is C24H32FN5O2. The molecule has 2 aliphatic rings. The topological polar surface area (TPSA) is 116 Å². The van der Waals surface area contributed by atoms with E-state index in [0.717, 1.165) is 31.4 Å². The van der Waals surface area contributed by atoms with Gasteiger partial charge in [0.15, 0.2) is 5.78 Å². The van der Waals surface area contributed by atoms with Gasteiger partial charge in [-0.1, -0.05) is 33.6 Å². The van der Waals surface area contributed by atoms with Crippen molar-refractivity contribution in [2.24, 2.45) is 16.9 Å². The number of carbonyl (C=O) groups excluding carboxylic acids is 2. The first kappa shape index (κ1) is 22.5. The molecule has 0 bridgehead atoms. The van der Waals surface area contributed by atoms with Gasteiger partial charge < -0.3 is 16.8 Å². The number of hydrogen-bond donors (Lipinski definition) is 3. The van der Waals surface area contributed by atoms with Crippen LogP contribution in [-0.4, -0.2) is 33.6 Å². The number of fused-ring (bicyclic) bond motifs is 1. The number of ketones is 1. The van der Waals surface area contributed by atoms with Crippen molar-refractivity contribution in [3.05, 3.63) is 40.5 Å². The number of amides is 1. The van der Waals surface area contributed by atoms with Crippen molar-refractivity contribution >= 4 is 17.4 Å². The van der Waals surface area contributed by atoms with Crippen LogP contribution in [0.15, 0.2) is 12.1 Å². The van der Waals surface area contributed by atoms with E-state index in [0.29, 0.717) is 41.9 Å². The highest BCUT2D eigenvalue weighted by Crippen LogP contribution is 2.38. The number of aromatic nitrogens is 2. The monoisotopic (exact) mass is 441 g/mol. The average Bonchev–Trinajstić information content (AvgIpc) is 3.06. The summed E-state index contributed by atoms with van der Waals surface area (Å²) in [5, 5.41) is 7.96. The molecule has 1 saturated carbocycles. The predicted molar refractivity (Wildman–Crippen MR) is 122 cm³/mol. The van der Waals surface area contributed by atoms with Gasteiger partial charge in [0.25, 0.3) is 5.91 Å². The summed E-state index contributed by atoms with van der Waals surface area (Å²) < 4.78 is 16.8. The lowest BCUT2D eigenvalue weighted by Crippen LogP contribution is -2.43. The van der Waals surface area contributed by atoms with Gasteiger partial charge in [0.05, 0.1) is 33.9 Å². The third-order valence-corrected chi connectivity index (χ3v) is 6.68. The third kappa shape index (κ3) is 4.03. The van der Waals surface area contributed by atoms with Crippen LogP contribution in [0, 0.1) is 11.2 Å². The maximum atomic E-state index is 15.2. The van der Waals surface area contributed by atoms with Crippen molar-refractivity contribution in [3.8, 4) is 5.69 Å². The summed E-state index contributed by atoms with van der Waals surface area (Å²) in [5.74, 6) is -1.49. The largest absolute Gasteiger partial charge is 0.380 e. The fraction of sp³-hybridized carbons (Fsp3) is 0.542. The molecule has 7 nitrogen and oxygen atoms in total. The Bertz CT molecular complexity index is 1070. The number of aryl methyl sites for hydroxylation is 1. The molecule has 1 fully saturated rings. The molecule has 0 saturated heterocycles. The number of carbonyl (C=O) groups is 2. The fourth-order valence-corrected chi connectivity index (χ4v) is 5.11. The molecule has 0 radical (unpaired) electrons. The second kappa shape index (κ2) is 8.31. The second-order valence-corrected chi connectivity index (χ2v) is 9.89. The molecule has 1 aromatic heterocycles. The van der Waals surface area contributed by atoms with E-state index in [1.807, 2.05) is 20.8 Å². The molecule has 2 aliphatic carbocycles. The molecule has 0 aliphatic heterocycles. The number of anilines is 1. The molecule has 2 aromatic rings. The van der Waals surface area contributed by atoms with Crippen molar-refractivity contribution < 1.29 is 14.0 Å². The smallest absolute Gasteiger partial charge is 0.253 e. The standard InChI is InChI=1S/C24H32FN5O2/c1-4-16-22-19(11-24(2,3)12-20(22)31)30(29-16)13-9-14(25)21(23(27)32)18(10-13)28-17-8-6-5-7-15(17)26/h9-10,15,17,28H,4-8,11-12,26H2,1-3H3,(H2,27,32)/t15-,17-/m0/s1. The molecule has 1 heterocycles. The number of primary amides is 1. The number of nitrogens with one attached hydrogen (secondary N) is 1. The highest BCUT2D eigenvalue weighted by atomic mass is 19.1. The van der Waals surface area contributed by atoms with Crippen molar-refractivity contribution in [2.45, 2.75) is 77.8 Å². The first-order valence-corrected chi connectivity index (χ1v) is 11.4. The quantitative estimate of drug-likeness (QED) is 0.657. The van der Waals surface area contributed by atoms with Gasteiger partial charge in [-0.05, 0) is 37.2 Å². The molecule has 2 atom stereocenters. The van der Waals surface area contributed by atoms with Crippen LogP contribution >= 0.6 is 0 Å². The first-order valence-electron chi connectivity index (χ1n) is 11.4. The maximum absolute atomic E-state index is 15.2. The molecule has 8 heteroatoms. The van der Waals surface area contributed by atoms with Gasteiger partial charge in [0, 0.05) is 24.6 Å². The molecule has 5 N–H and O–H groups in total. The molecule has 32 heavy (non-hydrogen) atoms. The Balaban J connectivity index is 1.84. The Morgan fingerprint density at radius 2 is 2.00 bits per heavy atom. The molecule has 0 unspecified atom stereocenters. The van der Waals surface area contributed by atoms with Gasteiger partial charge in [0.1, 0.15) is 5.82 Å². The lowest BCUT2D eigenvalue weighted by molar-refractivity contribution is 0.0909. The van der Waals surface area contributed by atoms with Crippen LogP contribution in [0.2, 0.25) is 0 Å². The van der Waals surface area contributed by atoms with Crippen molar-refractivity contribution in [2.75, 3.05) is 5.32 Å². The second-order valence-electron chi connectivity index (χ2n) is 9.89. The normalized spacial score (nSPS) is 22.5. The zero-order valence-electron chi connectivity index (χ0n) is 19.0. The summed E-state index contributed by atoms with van der Waals surface area (Å²) in [6.45, 7) is 6.05. The lowest BCUT2D eigenvalue weighted by atomic mass is 9.75. The summed E-state index contributed by atoms with van der Waals surface area (Å²) in [6, 6.07) is 2.81. The average molecular weight is 442 g/mol. The number of benzene rings is 1. The van der Waals surface area contributed by atoms with Gasteiger partial charge in [-0.3, -0.25) is 9.59 Å². The van der Waals surface area contributed by atoms with Crippen molar-refractivity contribution in [1.29, 1.82) is 0 Å². The Hall–Kier alpha value is -2.74. The van der Waals surface area contributed by atoms with E-state index in [1.54, 1.807) is 10.7 Å². The molecule has 1 amide bonds. The predicted octanol–water partition coefficient (Wildman–Crippen LogP) is 3.51. The van der Waals surface area contributed by atoms with E-state index in [2.05, 4.69) is 10.4 Å². The Labute approximate surface area is 187 Å². The third-order valence-electron chi connectivity index (χ3n) is 6.68. The lowest BCUT2D eigenvalue weighted by Gasteiger charge is -2.31. The summed E-state index contributed by atoms with van der Waals surface area (Å²) in [4.78, 5) is 25.0. The van der Waals surface area contributed by atoms with Crippen LogP contribution in [-0.2, 0) is 12.8 Å². The van der Waals surface area contributed by atoms with E-state index in [-0.39, 0.29) is 28.8 Å². The molecule has 1 aromatic carbocycles. The minimum Gasteiger partial charge on any atom is -0.380 e. The van der Waals surface area contributed by atoms with Gasteiger partial charge in [-0.25, -0.2) is 9.07 Å². The highest BCUT2D eigenvalue weighted by Gasteiger charge is 2.36. The van der Waals surface area contributed by atoms with E-state index in [1.165, 1.54) is 6.07 Å². The maximum Gasteiger partial charge on any atom is 0.253 e. The van der Waals surface area contributed by atoms with Crippen LogP contribution in [0.3, 0.4) is 0 Å². The van der Waals surface area contributed by atoms with Crippen LogP contribution in [0.5, 0.6) is 0 Å². The number of nitrogens with two attached hydrogens (primary N) is 2. The van der Waals surface area contributed by atoms with Crippen LogP contribution in [0.4, 0.5) is 10.1 Å². The molecular weight excluding hydrogens is 409 g/mol. The van der Waals surface area contributed by atoms with Crippen molar-refractivity contribution in [1.82, 2.24) is 9.78 Å². The van der Waals surface area contributed by atoms with Gasteiger partial charge in [0.2, 0.25) is 0 Å². The minimum atomic E-state index is -0.839. The SMILES string of the molecule is CCc1nn(-c2cc(F)c(C(N)=O)c(N[C@H]3CCCC[C@@H]3N)c2)c2c1C(=O)CC(C)(C)C2. The number of rotatable bonds is 5. The van der Waals surface area contributed by atoms with Gasteiger partial charge in [-0.2, -0.15) is 5.10 Å². The Morgan fingerprint density at radius 1 is 1.28 bits per heavy atom. The van der Waals surface area contributed by atoms with Gasteiger partial charge in [-0.15, -0.1) is 0 Å². The molecule has 0 spiro atoms. The molecule has 4 rings (SSSR count). The number of Topliss-reactive ketones (excluding diaryl/α,β-unsaturated/α-hetero) is 1. The fourth-order valence-electron chi connectivity index (χ4n) is 5.11.